The quantitative estimate of drug-likeness (QED) is 0.699. The number of nitrogens with zero attached hydrogens (tertiary/aromatic N) is 3. The summed E-state index contributed by atoms with van der Waals surface area (Å²) in [5.74, 6) is -0.892. The molecule has 0 unspecified atom stereocenters. The van der Waals surface area contributed by atoms with Gasteiger partial charge in [0.1, 0.15) is 0 Å². The van der Waals surface area contributed by atoms with Crippen LogP contribution in [0.15, 0.2) is 29.1 Å². The number of esters is 1. The first kappa shape index (κ1) is 17.7. The molecular weight excluding hydrogens is 356 g/mol. The maximum atomic E-state index is 12.4. The van der Waals surface area contributed by atoms with Gasteiger partial charge in [0.05, 0.1) is 24.6 Å². The summed E-state index contributed by atoms with van der Waals surface area (Å²) in [7, 11) is 2.82. The highest BCUT2D eigenvalue weighted by Gasteiger charge is 2.18. The van der Waals surface area contributed by atoms with Gasteiger partial charge in [0, 0.05) is 17.3 Å². The maximum Gasteiger partial charge on any atom is 0.357 e. The van der Waals surface area contributed by atoms with Crippen molar-refractivity contribution in [3.8, 4) is 0 Å². The molecule has 0 aliphatic carbocycles. The van der Waals surface area contributed by atoms with Crippen molar-refractivity contribution in [1.29, 1.82) is 0 Å². The van der Waals surface area contributed by atoms with E-state index in [9.17, 15) is 14.4 Å². The molecule has 2 heterocycles. The van der Waals surface area contributed by atoms with Gasteiger partial charge in [-0.15, -0.1) is 11.3 Å². The predicted octanol–water partition coefficient (Wildman–Crippen LogP) is 1.67. The Bertz CT molecular complexity index is 1070. The Balaban J connectivity index is 1.85. The summed E-state index contributed by atoms with van der Waals surface area (Å²) in [6.07, 6.45) is -0.0270. The molecule has 1 amide bonds. The number of amides is 1. The second-order valence-corrected chi connectivity index (χ2v) is 6.76. The molecule has 1 aromatic carbocycles. The standard InChI is InChI=1S/C17H16N4O4S/c1-9-14(16(24)25-3)19-17(26-9)18-13(22)8-12-10-6-4-5-7-11(10)15(23)21(2)20-12/h4-7H,8H2,1-3H3,(H,18,19,22). The van der Waals surface area contributed by atoms with Crippen LogP contribution in [0.4, 0.5) is 5.13 Å². The lowest BCUT2D eigenvalue weighted by Crippen LogP contribution is -2.24. The molecule has 0 saturated carbocycles. The predicted molar refractivity (Wildman–Crippen MR) is 97.5 cm³/mol. The molecule has 3 aromatic rings. The summed E-state index contributed by atoms with van der Waals surface area (Å²) in [5.41, 5.74) is 0.447. The normalized spacial score (nSPS) is 10.7. The van der Waals surface area contributed by atoms with Gasteiger partial charge in [0.15, 0.2) is 10.8 Å². The van der Waals surface area contributed by atoms with Gasteiger partial charge in [-0.2, -0.15) is 5.10 Å². The van der Waals surface area contributed by atoms with Gasteiger partial charge in [-0.05, 0) is 13.0 Å². The molecule has 0 atom stereocenters. The van der Waals surface area contributed by atoms with Crippen LogP contribution in [0.5, 0.6) is 0 Å². The Kier molecular flexibility index (Phi) is 4.81. The van der Waals surface area contributed by atoms with Gasteiger partial charge >= 0.3 is 5.97 Å². The molecule has 0 aliphatic heterocycles. The van der Waals surface area contributed by atoms with Crippen LogP contribution in [0, 0.1) is 6.92 Å². The van der Waals surface area contributed by atoms with Crippen LogP contribution in [-0.2, 0) is 23.0 Å². The van der Waals surface area contributed by atoms with Gasteiger partial charge in [-0.25, -0.2) is 14.5 Å². The summed E-state index contributed by atoms with van der Waals surface area (Å²) < 4.78 is 5.87. The van der Waals surface area contributed by atoms with E-state index in [0.29, 0.717) is 26.5 Å². The molecule has 134 valence electrons. The van der Waals surface area contributed by atoms with Crippen molar-refractivity contribution in [2.75, 3.05) is 12.4 Å². The number of anilines is 1. The summed E-state index contributed by atoms with van der Waals surface area (Å²) in [4.78, 5) is 40.9. The highest BCUT2D eigenvalue weighted by molar-refractivity contribution is 7.16. The Morgan fingerprint density at radius 2 is 1.96 bits per heavy atom. The van der Waals surface area contributed by atoms with E-state index in [1.165, 1.54) is 23.1 Å². The molecule has 2 aromatic heterocycles. The minimum Gasteiger partial charge on any atom is -0.464 e. The highest BCUT2D eigenvalue weighted by atomic mass is 32.1. The number of aryl methyl sites for hydroxylation is 2. The highest BCUT2D eigenvalue weighted by Crippen LogP contribution is 2.23. The van der Waals surface area contributed by atoms with Gasteiger partial charge in [-0.3, -0.25) is 9.59 Å². The summed E-state index contributed by atoms with van der Waals surface area (Å²) in [5, 5.41) is 8.31. The minimum absolute atomic E-state index is 0.0270. The number of thiazole rings is 1. The average molecular weight is 372 g/mol. The number of carbonyl (C=O) groups excluding carboxylic acids is 2. The fourth-order valence-electron chi connectivity index (χ4n) is 2.56. The smallest absolute Gasteiger partial charge is 0.357 e. The number of rotatable bonds is 4. The van der Waals surface area contributed by atoms with Crippen LogP contribution in [-0.4, -0.2) is 33.8 Å². The van der Waals surface area contributed by atoms with Crippen LogP contribution in [0.3, 0.4) is 0 Å². The molecule has 0 radical (unpaired) electrons. The number of hydrogen-bond acceptors (Lipinski definition) is 7. The summed E-state index contributed by atoms with van der Waals surface area (Å²) in [6.45, 7) is 1.72. The molecule has 0 saturated heterocycles. The third-order valence-electron chi connectivity index (χ3n) is 3.78. The van der Waals surface area contributed by atoms with Crippen molar-refractivity contribution in [3.05, 3.63) is 50.9 Å². The second kappa shape index (κ2) is 7.04. The van der Waals surface area contributed by atoms with E-state index < -0.39 is 5.97 Å². The third kappa shape index (κ3) is 3.33. The topological polar surface area (TPSA) is 103 Å². The van der Waals surface area contributed by atoms with Crippen LogP contribution < -0.4 is 10.9 Å². The van der Waals surface area contributed by atoms with Gasteiger partial charge in [-0.1, -0.05) is 18.2 Å². The molecule has 1 N–H and O–H groups in total. The number of fused-ring (bicyclic) bond motifs is 1. The molecule has 0 spiro atoms. The molecular formula is C17H16N4O4S. The van der Waals surface area contributed by atoms with E-state index in [4.69, 9.17) is 0 Å². The number of methoxy groups -OCH3 is 1. The Labute approximate surface area is 152 Å². The van der Waals surface area contributed by atoms with Crippen molar-refractivity contribution >= 4 is 39.1 Å². The zero-order valence-electron chi connectivity index (χ0n) is 14.4. The molecule has 9 heteroatoms. The molecule has 0 aliphatic rings. The van der Waals surface area contributed by atoms with Gasteiger partial charge < -0.3 is 10.1 Å². The number of benzene rings is 1. The zero-order valence-corrected chi connectivity index (χ0v) is 15.2. The Hall–Kier alpha value is -3.07. The van der Waals surface area contributed by atoms with Crippen LogP contribution in [0.25, 0.3) is 10.8 Å². The first-order valence-electron chi connectivity index (χ1n) is 7.71. The van der Waals surface area contributed by atoms with Gasteiger partial charge in [0.2, 0.25) is 5.91 Å². The van der Waals surface area contributed by atoms with E-state index >= 15 is 0 Å². The number of aromatic nitrogens is 3. The SMILES string of the molecule is COC(=O)c1nc(NC(=O)Cc2nn(C)c(=O)c3ccccc23)sc1C. The monoisotopic (exact) mass is 372 g/mol. The van der Waals surface area contributed by atoms with E-state index in [2.05, 4.69) is 20.1 Å². The van der Waals surface area contributed by atoms with Crippen molar-refractivity contribution in [2.45, 2.75) is 13.3 Å². The Morgan fingerprint density at radius 3 is 2.65 bits per heavy atom. The number of hydrogen-bond donors (Lipinski definition) is 1. The van der Waals surface area contributed by atoms with Gasteiger partial charge in [0.25, 0.3) is 5.56 Å². The van der Waals surface area contributed by atoms with E-state index in [-0.39, 0.29) is 23.6 Å². The lowest BCUT2D eigenvalue weighted by atomic mass is 10.1. The zero-order chi connectivity index (χ0) is 18.8. The average Bonchev–Trinajstić information content (AvgIpc) is 2.98. The molecule has 0 fully saturated rings. The van der Waals surface area contributed by atoms with Crippen LogP contribution in [0.1, 0.15) is 21.1 Å². The largest absolute Gasteiger partial charge is 0.464 e. The minimum atomic E-state index is -0.551. The maximum absolute atomic E-state index is 12.4. The van der Waals surface area contributed by atoms with E-state index in [1.54, 1.807) is 38.2 Å². The number of nitrogens with one attached hydrogen (secondary N) is 1. The number of ether oxygens (including phenoxy) is 1. The van der Waals surface area contributed by atoms with Crippen molar-refractivity contribution in [3.63, 3.8) is 0 Å². The molecule has 8 nitrogen and oxygen atoms in total. The fraction of sp³-hybridized carbons (Fsp3) is 0.235. The lowest BCUT2D eigenvalue weighted by Gasteiger charge is -2.07. The molecule has 3 rings (SSSR count). The Morgan fingerprint density at radius 1 is 1.27 bits per heavy atom. The van der Waals surface area contributed by atoms with Crippen molar-refractivity contribution in [1.82, 2.24) is 14.8 Å². The van der Waals surface area contributed by atoms with Crippen LogP contribution >= 0.6 is 11.3 Å². The summed E-state index contributed by atoms with van der Waals surface area (Å²) in [6, 6.07) is 7.01. The van der Waals surface area contributed by atoms with Crippen LogP contribution in [0.2, 0.25) is 0 Å². The fourth-order valence-corrected chi connectivity index (χ4v) is 3.38. The third-order valence-corrected chi connectivity index (χ3v) is 4.67. The summed E-state index contributed by atoms with van der Waals surface area (Å²) >= 11 is 1.19. The second-order valence-electron chi connectivity index (χ2n) is 5.56. The van der Waals surface area contributed by atoms with E-state index in [0.717, 1.165) is 0 Å². The van der Waals surface area contributed by atoms with Crippen molar-refractivity contribution < 1.29 is 14.3 Å². The molecule has 0 bridgehead atoms. The first-order chi connectivity index (χ1) is 12.4. The lowest BCUT2D eigenvalue weighted by molar-refractivity contribution is -0.115. The van der Waals surface area contributed by atoms with E-state index in [1.807, 2.05) is 0 Å². The van der Waals surface area contributed by atoms with Crippen molar-refractivity contribution in [2.24, 2.45) is 7.05 Å². The number of carbonyl (C=O) groups is 2. The first-order valence-corrected chi connectivity index (χ1v) is 8.53. The molecule has 26 heavy (non-hydrogen) atoms.